The molecule has 0 saturated heterocycles. The minimum Gasteiger partial charge on any atom is -0.481 e. The van der Waals surface area contributed by atoms with E-state index >= 15 is 0 Å². The van der Waals surface area contributed by atoms with Gasteiger partial charge in [-0.15, -0.1) is 0 Å². The van der Waals surface area contributed by atoms with Crippen molar-refractivity contribution in [1.29, 1.82) is 0 Å². The second-order valence-corrected chi connectivity index (χ2v) is 5.76. The van der Waals surface area contributed by atoms with E-state index in [0.717, 1.165) is 11.1 Å². The molecule has 1 aliphatic rings. The summed E-state index contributed by atoms with van der Waals surface area (Å²) in [6.07, 6.45) is 4.01. The SMILES string of the molecule is COc1cc(CNC(=O)NC(c2ccccc2)C2CC2)ccn1. The molecule has 0 spiro atoms. The average Bonchev–Trinajstić information content (AvgIpc) is 3.44. The molecule has 1 unspecified atom stereocenters. The van der Waals surface area contributed by atoms with Crippen molar-refractivity contribution < 1.29 is 9.53 Å². The molecule has 1 aliphatic carbocycles. The summed E-state index contributed by atoms with van der Waals surface area (Å²) in [7, 11) is 1.58. The summed E-state index contributed by atoms with van der Waals surface area (Å²) in [5.41, 5.74) is 2.12. The Bertz CT molecular complexity index is 656. The third-order valence-corrected chi connectivity index (χ3v) is 4.00. The van der Waals surface area contributed by atoms with Crippen LogP contribution in [0, 0.1) is 5.92 Å². The molecule has 1 saturated carbocycles. The van der Waals surface area contributed by atoms with Crippen LogP contribution in [-0.4, -0.2) is 18.1 Å². The molecule has 0 bridgehead atoms. The normalized spacial score (nSPS) is 14.8. The molecule has 1 heterocycles. The molecule has 1 atom stereocenters. The van der Waals surface area contributed by atoms with Crippen LogP contribution < -0.4 is 15.4 Å². The van der Waals surface area contributed by atoms with Gasteiger partial charge in [-0.2, -0.15) is 0 Å². The highest BCUT2D eigenvalue weighted by molar-refractivity contribution is 5.74. The monoisotopic (exact) mass is 311 g/mol. The third-order valence-electron chi connectivity index (χ3n) is 4.00. The smallest absolute Gasteiger partial charge is 0.315 e. The van der Waals surface area contributed by atoms with Crippen LogP contribution in [0.4, 0.5) is 4.79 Å². The number of nitrogens with zero attached hydrogens (tertiary/aromatic N) is 1. The van der Waals surface area contributed by atoms with Crippen molar-refractivity contribution in [3.05, 3.63) is 59.8 Å². The van der Waals surface area contributed by atoms with Crippen LogP contribution in [0.25, 0.3) is 0 Å². The van der Waals surface area contributed by atoms with Gasteiger partial charge in [-0.25, -0.2) is 9.78 Å². The van der Waals surface area contributed by atoms with Crippen LogP contribution in [0.1, 0.15) is 30.0 Å². The lowest BCUT2D eigenvalue weighted by Crippen LogP contribution is -2.38. The molecule has 2 aromatic rings. The van der Waals surface area contributed by atoms with Crippen LogP contribution in [0.15, 0.2) is 48.7 Å². The lowest BCUT2D eigenvalue weighted by Gasteiger charge is -2.19. The fourth-order valence-electron chi connectivity index (χ4n) is 2.61. The molecular formula is C18H21N3O2. The van der Waals surface area contributed by atoms with E-state index in [2.05, 4.69) is 27.8 Å². The molecule has 1 aromatic carbocycles. The first-order chi connectivity index (χ1) is 11.3. The van der Waals surface area contributed by atoms with Crippen molar-refractivity contribution in [2.24, 2.45) is 5.92 Å². The van der Waals surface area contributed by atoms with Gasteiger partial charge in [-0.05, 0) is 36.0 Å². The number of ether oxygens (including phenoxy) is 1. The van der Waals surface area contributed by atoms with E-state index in [9.17, 15) is 4.79 Å². The number of carbonyl (C=O) groups excluding carboxylic acids is 1. The fourth-order valence-corrected chi connectivity index (χ4v) is 2.61. The molecule has 1 fully saturated rings. The van der Waals surface area contributed by atoms with Gasteiger partial charge in [-0.3, -0.25) is 0 Å². The van der Waals surface area contributed by atoms with Crippen molar-refractivity contribution >= 4 is 6.03 Å². The molecule has 1 aromatic heterocycles. The van der Waals surface area contributed by atoms with Crippen LogP contribution in [0.5, 0.6) is 5.88 Å². The van der Waals surface area contributed by atoms with E-state index in [1.165, 1.54) is 12.8 Å². The van der Waals surface area contributed by atoms with Gasteiger partial charge in [0.15, 0.2) is 0 Å². The van der Waals surface area contributed by atoms with Gasteiger partial charge in [0.2, 0.25) is 5.88 Å². The van der Waals surface area contributed by atoms with E-state index in [-0.39, 0.29) is 12.1 Å². The molecule has 23 heavy (non-hydrogen) atoms. The number of rotatable bonds is 6. The molecular weight excluding hydrogens is 290 g/mol. The number of aromatic nitrogens is 1. The molecule has 2 N–H and O–H groups in total. The second kappa shape index (κ2) is 7.13. The molecule has 120 valence electrons. The number of hydrogen-bond acceptors (Lipinski definition) is 3. The first kappa shape index (κ1) is 15.3. The Morgan fingerprint density at radius 1 is 1.30 bits per heavy atom. The van der Waals surface area contributed by atoms with Gasteiger partial charge in [0, 0.05) is 18.8 Å². The van der Waals surface area contributed by atoms with E-state index in [0.29, 0.717) is 18.3 Å². The highest BCUT2D eigenvalue weighted by Crippen LogP contribution is 2.40. The molecule has 5 heteroatoms. The average molecular weight is 311 g/mol. The Balaban J connectivity index is 1.57. The maximum Gasteiger partial charge on any atom is 0.315 e. The van der Waals surface area contributed by atoms with Crippen molar-refractivity contribution in [3.8, 4) is 5.88 Å². The molecule has 2 amide bonds. The molecule has 0 aliphatic heterocycles. The van der Waals surface area contributed by atoms with Crippen molar-refractivity contribution in [2.75, 3.05) is 7.11 Å². The van der Waals surface area contributed by atoms with E-state index in [4.69, 9.17) is 4.74 Å². The molecule has 5 nitrogen and oxygen atoms in total. The zero-order valence-corrected chi connectivity index (χ0v) is 13.2. The maximum absolute atomic E-state index is 12.2. The summed E-state index contributed by atoms with van der Waals surface area (Å²) in [6, 6.07) is 13.7. The van der Waals surface area contributed by atoms with Gasteiger partial charge < -0.3 is 15.4 Å². The van der Waals surface area contributed by atoms with Gasteiger partial charge in [0.05, 0.1) is 13.2 Å². The lowest BCUT2D eigenvalue weighted by atomic mass is 10.0. The van der Waals surface area contributed by atoms with Crippen molar-refractivity contribution in [3.63, 3.8) is 0 Å². The minimum atomic E-state index is -0.151. The van der Waals surface area contributed by atoms with E-state index < -0.39 is 0 Å². The quantitative estimate of drug-likeness (QED) is 0.862. The van der Waals surface area contributed by atoms with Gasteiger partial charge in [-0.1, -0.05) is 30.3 Å². The first-order valence-corrected chi connectivity index (χ1v) is 7.84. The predicted molar refractivity (Wildman–Crippen MR) is 88.1 cm³/mol. The summed E-state index contributed by atoms with van der Waals surface area (Å²) in [6.45, 7) is 0.441. The number of benzene rings is 1. The Kier molecular flexibility index (Phi) is 4.76. The van der Waals surface area contributed by atoms with Crippen LogP contribution in [0.2, 0.25) is 0 Å². The number of hydrogen-bond donors (Lipinski definition) is 2. The summed E-state index contributed by atoms with van der Waals surface area (Å²) in [5, 5.41) is 6.00. The Morgan fingerprint density at radius 3 is 2.78 bits per heavy atom. The van der Waals surface area contributed by atoms with Gasteiger partial charge in [0.25, 0.3) is 0 Å². The summed E-state index contributed by atoms with van der Waals surface area (Å²) < 4.78 is 5.08. The third kappa shape index (κ3) is 4.22. The number of methoxy groups -OCH3 is 1. The van der Waals surface area contributed by atoms with Crippen LogP contribution in [0.3, 0.4) is 0 Å². The largest absolute Gasteiger partial charge is 0.481 e. The van der Waals surface area contributed by atoms with Crippen molar-refractivity contribution in [1.82, 2.24) is 15.6 Å². The first-order valence-electron chi connectivity index (χ1n) is 7.84. The van der Waals surface area contributed by atoms with Gasteiger partial charge in [0.1, 0.15) is 0 Å². The lowest BCUT2D eigenvalue weighted by molar-refractivity contribution is 0.235. The molecule has 3 rings (SSSR count). The topological polar surface area (TPSA) is 63.2 Å². The summed E-state index contributed by atoms with van der Waals surface area (Å²) >= 11 is 0. The Morgan fingerprint density at radius 2 is 2.09 bits per heavy atom. The number of urea groups is 1. The van der Waals surface area contributed by atoms with Crippen molar-refractivity contribution in [2.45, 2.75) is 25.4 Å². The number of pyridine rings is 1. The number of carbonyl (C=O) groups is 1. The summed E-state index contributed by atoms with van der Waals surface area (Å²) in [4.78, 5) is 16.3. The van der Waals surface area contributed by atoms with Gasteiger partial charge >= 0.3 is 6.03 Å². The second-order valence-electron chi connectivity index (χ2n) is 5.76. The minimum absolute atomic E-state index is 0.0863. The number of nitrogens with one attached hydrogen (secondary N) is 2. The highest BCUT2D eigenvalue weighted by atomic mass is 16.5. The van der Waals surface area contributed by atoms with Crippen LogP contribution in [-0.2, 0) is 6.54 Å². The molecule has 0 radical (unpaired) electrons. The predicted octanol–water partition coefficient (Wildman–Crippen LogP) is 3.04. The zero-order valence-electron chi connectivity index (χ0n) is 13.2. The zero-order chi connectivity index (χ0) is 16.1. The highest BCUT2D eigenvalue weighted by Gasteiger charge is 2.33. The standard InChI is InChI=1S/C18H21N3O2/c1-23-16-11-13(9-10-19-16)12-20-18(22)21-17(15-7-8-15)14-5-3-2-4-6-14/h2-6,9-11,15,17H,7-8,12H2,1H3,(H2,20,21,22). The van der Waals surface area contributed by atoms with E-state index in [1.54, 1.807) is 13.3 Å². The fraction of sp³-hybridized carbons (Fsp3) is 0.333. The van der Waals surface area contributed by atoms with E-state index in [1.807, 2.05) is 30.3 Å². The Hall–Kier alpha value is -2.56. The van der Waals surface area contributed by atoms with Crippen LogP contribution >= 0.6 is 0 Å². The Labute approximate surface area is 136 Å². The summed E-state index contributed by atoms with van der Waals surface area (Å²) in [5.74, 6) is 1.09. The number of amides is 2. The maximum atomic E-state index is 12.2.